The molecule has 1 aliphatic rings. The van der Waals surface area contributed by atoms with Crippen molar-refractivity contribution in [2.75, 3.05) is 47.4 Å². The van der Waals surface area contributed by atoms with Crippen molar-refractivity contribution in [3.8, 4) is 11.5 Å². The van der Waals surface area contributed by atoms with E-state index in [2.05, 4.69) is 4.90 Å². The molecule has 1 heterocycles. The number of methoxy groups -OCH3 is 2. The molecule has 1 aromatic carbocycles. The molecule has 0 saturated carbocycles. The molecule has 0 aromatic heterocycles. The first-order valence-corrected chi connectivity index (χ1v) is 7.83. The van der Waals surface area contributed by atoms with Gasteiger partial charge in [0.05, 0.1) is 14.2 Å². The zero-order chi connectivity index (χ0) is 14.8. The Labute approximate surface area is 119 Å². The molecule has 2 rings (SSSR count). The summed E-state index contributed by atoms with van der Waals surface area (Å²) in [5.74, 6) is 0.877. The molecule has 1 saturated heterocycles. The zero-order valence-corrected chi connectivity index (χ0v) is 12.8. The van der Waals surface area contributed by atoms with E-state index in [0.29, 0.717) is 24.6 Å². The largest absolute Gasteiger partial charge is 0.497 e. The van der Waals surface area contributed by atoms with Gasteiger partial charge in [-0.25, -0.2) is 8.42 Å². The van der Waals surface area contributed by atoms with Crippen molar-refractivity contribution >= 4 is 10.0 Å². The van der Waals surface area contributed by atoms with Crippen molar-refractivity contribution in [2.24, 2.45) is 0 Å². The number of piperazine rings is 1. The van der Waals surface area contributed by atoms with Gasteiger partial charge in [0.2, 0.25) is 10.0 Å². The van der Waals surface area contributed by atoms with Gasteiger partial charge in [0.15, 0.2) is 0 Å². The van der Waals surface area contributed by atoms with Crippen LogP contribution >= 0.6 is 0 Å². The van der Waals surface area contributed by atoms with E-state index in [1.807, 2.05) is 7.05 Å². The van der Waals surface area contributed by atoms with Crippen LogP contribution in [0.5, 0.6) is 11.5 Å². The maximum Gasteiger partial charge on any atom is 0.246 e. The lowest BCUT2D eigenvalue weighted by Crippen LogP contribution is -2.47. The highest BCUT2D eigenvalue weighted by Gasteiger charge is 2.30. The van der Waals surface area contributed by atoms with E-state index < -0.39 is 10.0 Å². The molecule has 7 heteroatoms. The fraction of sp³-hybridized carbons (Fsp3) is 0.538. The fourth-order valence-corrected chi connectivity index (χ4v) is 3.71. The number of likely N-dealkylation sites (N-methyl/N-ethyl adjacent to an activating group) is 1. The predicted molar refractivity (Wildman–Crippen MR) is 75.8 cm³/mol. The van der Waals surface area contributed by atoms with Crippen LogP contribution in [0.2, 0.25) is 0 Å². The van der Waals surface area contributed by atoms with E-state index in [1.165, 1.54) is 24.6 Å². The number of sulfonamides is 1. The Morgan fingerprint density at radius 3 is 2.25 bits per heavy atom. The van der Waals surface area contributed by atoms with E-state index in [4.69, 9.17) is 9.47 Å². The molecule has 0 atom stereocenters. The standard InChI is InChI=1S/C13H20N2O4S/c1-14-6-8-15(9-7-14)20(16,17)13-5-4-11(18-2)10-12(13)19-3/h4-5,10H,6-9H2,1-3H3. The van der Waals surface area contributed by atoms with E-state index in [9.17, 15) is 8.42 Å². The molecule has 0 unspecified atom stereocenters. The number of ether oxygens (including phenoxy) is 2. The van der Waals surface area contributed by atoms with Crippen LogP contribution in [0.1, 0.15) is 0 Å². The second kappa shape index (κ2) is 5.99. The highest BCUT2D eigenvalue weighted by Crippen LogP contribution is 2.30. The Balaban J connectivity index is 2.34. The van der Waals surface area contributed by atoms with Crippen molar-refractivity contribution in [1.29, 1.82) is 0 Å². The lowest BCUT2D eigenvalue weighted by Gasteiger charge is -2.31. The quantitative estimate of drug-likeness (QED) is 0.817. The first-order valence-electron chi connectivity index (χ1n) is 6.39. The van der Waals surface area contributed by atoms with E-state index in [1.54, 1.807) is 12.1 Å². The molecule has 0 amide bonds. The molecule has 1 aromatic rings. The van der Waals surface area contributed by atoms with Crippen molar-refractivity contribution < 1.29 is 17.9 Å². The summed E-state index contributed by atoms with van der Waals surface area (Å²) in [6, 6.07) is 4.75. The average Bonchev–Trinajstić information content (AvgIpc) is 2.46. The molecule has 0 bridgehead atoms. The number of benzene rings is 1. The number of hydrogen-bond donors (Lipinski definition) is 0. The Hall–Kier alpha value is -1.31. The smallest absolute Gasteiger partial charge is 0.246 e. The highest BCUT2D eigenvalue weighted by molar-refractivity contribution is 7.89. The predicted octanol–water partition coefficient (Wildman–Crippen LogP) is 0.640. The monoisotopic (exact) mass is 300 g/mol. The summed E-state index contributed by atoms with van der Waals surface area (Å²) < 4.78 is 37.1. The molecule has 20 heavy (non-hydrogen) atoms. The molecule has 1 aliphatic heterocycles. The summed E-state index contributed by atoms with van der Waals surface area (Å²) in [4.78, 5) is 2.29. The Morgan fingerprint density at radius 1 is 1.05 bits per heavy atom. The van der Waals surface area contributed by atoms with Gasteiger partial charge in [-0.1, -0.05) is 0 Å². The maximum atomic E-state index is 12.7. The third-order valence-corrected chi connectivity index (χ3v) is 5.39. The minimum absolute atomic E-state index is 0.186. The SMILES string of the molecule is COc1ccc(S(=O)(=O)N2CCN(C)CC2)c(OC)c1. The van der Waals surface area contributed by atoms with Crippen molar-refractivity contribution in [2.45, 2.75) is 4.90 Å². The van der Waals surface area contributed by atoms with Gasteiger partial charge in [0, 0.05) is 32.2 Å². The van der Waals surface area contributed by atoms with E-state index in [-0.39, 0.29) is 4.90 Å². The Bertz CT molecular complexity index is 566. The van der Waals surface area contributed by atoms with Crippen LogP contribution < -0.4 is 9.47 Å². The highest BCUT2D eigenvalue weighted by atomic mass is 32.2. The van der Waals surface area contributed by atoms with Crippen LogP contribution in [-0.2, 0) is 10.0 Å². The van der Waals surface area contributed by atoms with Crippen LogP contribution in [0.3, 0.4) is 0 Å². The Morgan fingerprint density at radius 2 is 1.70 bits per heavy atom. The van der Waals surface area contributed by atoms with Crippen LogP contribution in [0.25, 0.3) is 0 Å². The van der Waals surface area contributed by atoms with Crippen LogP contribution in [-0.4, -0.2) is 65.1 Å². The molecule has 1 fully saturated rings. The average molecular weight is 300 g/mol. The molecular formula is C13H20N2O4S. The van der Waals surface area contributed by atoms with Gasteiger partial charge in [0.1, 0.15) is 16.4 Å². The summed E-state index contributed by atoms with van der Waals surface area (Å²) in [5.41, 5.74) is 0. The van der Waals surface area contributed by atoms with Crippen LogP contribution in [0.4, 0.5) is 0 Å². The summed E-state index contributed by atoms with van der Waals surface area (Å²) in [6.45, 7) is 2.46. The molecular weight excluding hydrogens is 280 g/mol. The second-order valence-corrected chi connectivity index (χ2v) is 6.63. The molecule has 0 spiro atoms. The fourth-order valence-electron chi connectivity index (χ4n) is 2.16. The Kier molecular flexibility index (Phi) is 4.52. The first kappa shape index (κ1) is 15.1. The van der Waals surface area contributed by atoms with Gasteiger partial charge in [-0.15, -0.1) is 0 Å². The van der Waals surface area contributed by atoms with Gasteiger partial charge >= 0.3 is 0 Å². The molecule has 0 N–H and O–H groups in total. The van der Waals surface area contributed by atoms with Crippen molar-refractivity contribution in [3.05, 3.63) is 18.2 Å². The zero-order valence-electron chi connectivity index (χ0n) is 12.0. The van der Waals surface area contributed by atoms with E-state index in [0.717, 1.165) is 13.1 Å². The third kappa shape index (κ3) is 2.89. The second-order valence-electron chi connectivity index (χ2n) is 4.72. The third-order valence-electron chi connectivity index (χ3n) is 3.45. The van der Waals surface area contributed by atoms with Gasteiger partial charge in [0.25, 0.3) is 0 Å². The number of rotatable bonds is 4. The molecule has 112 valence electrons. The first-order chi connectivity index (χ1) is 9.48. The number of nitrogens with zero attached hydrogens (tertiary/aromatic N) is 2. The van der Waals surface area contributed by atoms with Crippen LogP contribution in [0, 0.1) is 0 Å². The van der Waals surface area contributed by atoms with Gasteiger partial charge in [-0.05, 0) is 19.2 Å². The summed E-state index contributed by atoms with van der Waals surface area (Å²) in [5, 5.41) is 0. The molecule has 6 nitrogen and oxygen atoms in total. The normalized spacial score (nSPS) is 17.9. The summed E-state index contributed by atoms with van der Waals surface area (Å²) in [6.07, 6.45) is 0. The van der Waals surface area contributed by atoms with Crippen LogP contribution in [0.15, 0.2) is 23.1 Å². The summed E-state index contributed by atoms with van der Waals surface area (Å²) >= 11 is 0. The van der Waals surface area contributed by atoms with Gasteiger partial charge in [-0.2, -0.15) is 4.31 Å². The summed E-state index contributed by atoms with van der Waals surface area (Å²) in [7, 11) is 1.44. The van der Waals surface area contributed by atoms with Gasteiger partial charge < -0.3 is 14.4 Å². The molecule has 0 radical (unpaired) electrons. The lowest BCUT2D eigenvalue weighted by molar-refractivity contribution is 0.222. The maximum absolute atomic E-state index is 12.7. The molecule has 0 aliphatic carbocycles. The van der Waals surface area contributed by atoms with Gasteiger partial charge in [-0.3, -0.25) is 0 Å². The topological polar surface area (TPSA) is 59.1 Å². The van der Waals surface area contributed by atoms with E-state index >= 15 is 0 Å². The lowest BCUT2D eigenvalue weighted by atomic mass is 10.3. The van der Waals surface area contributed by atoms with Crippen molar-refractivity contribution in [1.82, 2.24) is 9.21 Å². The number of hydrogen-bond acceptors (Lipinski definition) is 5. The minimum atomic E-state index is -3.53. The minimum Gasteiger partial charge on any atom is -0.497 e. The van der Waals surface area contributed by atoms with Crippen molar-refractivity contribution in [3.63, 3.8) is 0 Å².